The summed E-state index contributed by atoms with van der Waals surface area (Å²) in [5, 5.41) is 5.07. The molecular formula is C21H31N5O3. The second-order valence-corrected chi connectivity index (χ2v) is 7.67. The summed E-state index contributed by atoms with van der Waals surface area (Å²) in [7, 11) is 0. The minimum atomic E-state index is -0.468. The van der Waals surface area contributed by atoms with Crippen LogP contribution in [0.5, 0.6) is 0 Å². The molecule has 2 heterocycles. The fraction of sp³-hybridized carbons (Fsp3) is 0.571. The fourth-order valence-corrected chi connectivity index (χ4v) is 3.70. The van der Waals surface area contributed by atoms with Gasteiger partial charge in [0.1, 0.15) is 0 Å². The van der Waals surface area contributed by atoms with Crippen molar-refractivity contribution >= 4 is 17.8 Å². The average molecular weight is 402 g/mol. The lowest BCUT2D eigenvalue weighted by Crippen LogP contribution is -2.50. The number of rotatable bonds is 7. The van der Waals surface area contributed by atoms with E-state index in [1.54, 1.807) is 0 Å². The van der Waals surface area contributed by atoms with Crippen LogP contribution in [0.2, 0.25) is 0 Å². The van der Waals surface area contributed by atoms with E-state index < -0.39 is 6.03 Å². The number of nitrogens with zero attached hydrogens (tertiary/aromatic N) is 3. The third kappa shape index (κ3) is 7.14. The number of hydrogen-bond donors (Lipinski definition) is 2. The van der Waals surface area contributed by atoms with Gasteiger partial charge in [0.15, 0.2) is 0 Å². The third-order valence-corrected chi connectivity index (χ3v) is 5.49. The molecule has 2 saturated heterocycles. The van der Waals surface area contributed by atoms with Crippen LogP contribution in [0.1, 0.15) is 24.8 Å². The molecule has 0 radical (unpaired) electrons. The number of likely N-dealkylation sites (tertiary alicyclic amines) is 1. The molecule has 2 aliphatic rings. The Morgan fingerprint density at radius 2 is 1.52 bits per heavy atom. The first-order valence-electron chi connectivity index (χ1n) is 10.4. The molecule has 8 heteroatoms. The maximum absolute atomic E-state index is 12.2. The Morgan fingerprint density at radius 1 is 0.862 bits per heavy atom. The molecule has 0 atom stereocenters. The number of carbonyl (C=O) groups excluding carboxylic acids is 3. The van der Waals surface area contributed by atoms with E-state index in [0.29, 0.717) is 19.6 Å². The second kappa shape index (κ2) is 10.9. The fourth-order valence-electron chi connectivity index (χ4n) is 3.70. The van der Waals surface area contributed by atoms with Crippen LogP contribution in [0.15, 0.2) is 30.3 Å². The number of urea groups is 1. The molecule has 0 saturated carbocycles. The summed E-state index contributed by atoms with van der Waals surface area (Å²) in [4.78, 5) is 42.4. The van der Waals surface area contributed by atoms with Gasteiger partial charge in [-0.3, -0.25) is 19.8 Å². The molecule has 0 spiro atoms. The zero-order valence-corrected chi connectivity index (χ0v) is 16.9. The highest BCUT2D eigenvalue weighted by atomic mass is 16.2. The van der Waals surface area contributed by atoms with Gasteiger partial charge in [-0.05, 0) is 18.4 Å². The van der Waals surface area contributed by atoms with Gasteiger partial charge in [0.05, 0.1) is 6.54 Å². The van der Waals surface area contributed by atoms with Crippen molar-refractivity contribution in [2.24, 2.45) is 0 Å². The number of hydrogen-bond acceptors (Lipinski definition) is 5. The van der Waals surface area contributed by atoms with Gasteiger partial charge in [0.2, 0.25) is 11.8 Å². The van der Waals surface area contributed by atoms with Crippen LogP contribution in [0.4, 0.5) is 4.79 Å². The number of imide groups is 1. The molecule has 0 unspecified atom stereocenters. The Kier molecular flexibility index (Phi) is 8.01. The maximum atomic E-state index is 12.2. The Labute approximate surface area is 172 Å². The molecule has 0 aliphatic carbocycles. The molecule has 29 heavy (non-hydrogen) atoms. The van der Waals surface area contributed by atoms with Crippen LogP contribution in [-0.2, 0) is 16.1 Å². The van der Waals surface area contributed by atoms with Crippen molar-refractivity contribution in [1.29, 1.82) is 0 Å². The molecule has 0 bridgehead atoms. The number of nitrogens with one attached hydrogen (secondary N) is 2. The van der Waals surface area contributed by atoms with E-state index in [0.717, 1.165) is 57.7 Å². The summed E-state index contributed by atoms with van der Waals surface area (Å²) in [5.74, 6) is -0.0426. The van der Waals surface area contributed by atoms with Gasteiger partial charge in [-0.25, -0.2) is 4.79 Å². The van der Waals surface area contributed by atoms with Gasteiger partial charge in [-0.1, -0.05) is 30.3 Å². The minimum Gasteiger partial charge on any atom is -0.342 e. The summed E-state index contributed by atoms with van der Waals surface area (Å²) in [6.45, 7) is 6.62. The van der Waals surface area contributed by atoms with Gasteiger partial charge in [-0.2, -0.15) is 0 Å². The highest BCUT2D eigenvalue weighted by Gasteiger charge is 2.23. The monoisotopic (exact) mass is 401 g/mol. The summed E-state index contributed by atoms with van der Waals surface area (Å²) in [5.41, 5.74) is 0.983. The van der Waals surface area contributed by atoms with Gasteiger partial charge in [-0.15, -0.1) is 0 Å². The number of amides is 4. The van der Waals surface area contributed by atoms with E-state index in [9.17, 15) is 14.4 Å². The Bertz CT molecular complexity index is 683. The number of carbonyl (C=O) groups is 3. The molecule has 158 valence electrons. The first-order chi connectivity index (χ1) is 14.1. The van der Waals surface area contributed by atoms with Crippen molar-refractivity contribution in [2.45, 2.75) is 25.8 Å². The van der Waals surface area contributed by atoms with Crippen LogP contribution in [0, 0.1) is 0 Å². The molecule has 8 nitrogen and oxygen atoms in total. The maximum Gasteiger partial charge on any atom is 0.321 e. The summed E-state index contributed by atoms with van der Waals surface area (Å²) in [6, 6.07) is 9.09. The van der Waals surface area contributed by atoms with E-state index in [1.165, 1.54) is 0 Å². The van der Waals surface area contributed by atoms with Crippen LogP contribution < -0.4 is 10.6 Å². The normalized spacial score (nSPS) is 17.9. The van der Waals surface area contributed by atoms with Crippen LogP contribution >= 0.6 is 0 Å². The summed E-state index contributed by atoms with van der Waals surface area (Å²) in [6.07, 6.45) is 2.52. The minimum absolute atomic E-state index is 0.233. The van der Waals surface area contributed by atoms with Gasteiger partial charge in [0.25, 0.3) is 0 Å². The molecule has 1 aromatic rings. The average Bonchev–Trinajstić information content (AvgIpc) is 3.28. The van der Waals surface area contributed by atoms with E-state index in [-0.39, 0.29) is 18.2 Å². The summed E-state index contributed by atoms with van der Waals surface area (Å²) < 4.78 is 0. The van der Waals surface area contributed by atoms with E-state index in [2.05, 4.69) is 20.4 Å². The van der Waals surface area contributed by atoms with Crippen molar-refractivity contribution < 1.29 is 14.4 Å². The molecule has 1 aromatic carbocycles. The Hall–Kier alpha value is -2.45. The van der Waals surface area contributed by atoms with Crippen molar-refractivity contribution in [3.63, 3.8) is 0 Å². The molecule has 2 N–H and O–H groups in total. The lowest BCUT2D eigenvalue weighted by molar-refractivity contribution is -0.131. The van der Waals surface area contributed by atoms with E-state index in [1.807, 2.05) is 35.2 Å². The lowest BCUT2D eigenvalue weighted by Gasteiger charge is -2.34. The third-order valence-electron chi connectivity index (χ3n) is 5.49. The standard InChI is InChI=1S/C21H31N5O3/c27-19(23-21(29)22-16-18-6-2-1-3-7-18)8-11-24-12-14-25(15-13-24)17-20(28)26-9-4-5-10-26/h1-3,6-7H,4-5,8-17H2,(H2,22,23,27,29). The van der Waals surface area contributed by atoms with Gasteiger partial charge in [0, 0.05) is 58.8 Å². The van der Waals surface area contributed by atoms with Gasteiger partial charge < -0.3 is 15.1 Å². The van der Waals surface area contributed by atoms with Crippen molar-refractivity contribution in [3.05, 3.63) is 35.9 Å². The first-order valence-corrected chi connectivity index (χ1v) is 10.4. The van der Waals surface area contributed by atoms with Gasteiger partial charge >= 0.3 is 6.03 Å². The molecule has 2 fully saturated rings. The highest BCUT2D eigenvalue weighted by molar-refractivity contribution is 5.94. The number of benzene rings is 1. The smallest absolute Gasteiger partial charge is 0.321 e. The van der Waals surface area contributed by atoms with Crippen LogP contribution in [0.3, 0.4) is 0 Å². The van der Waals surface area contributed by atoms with Crippen molar-refractivity contribution in [1.82, 2.24) is 25.3 Å². The zero-order chi connectivity index (χ0) is 20.5. The van der Waals surface area contributed by atoms with Crippen LogP contribution in [0.25, 0.3) is 0 Å². The molecule has 0 aromatic heterocycles. The quantitative estimate of drug-likeness (QED) is 0.701. The predicted octanol–water partition coefficient (Wildman–Crippen LogP) is 0.643. The summed E-state index contributed by atoms with van der Waals surface area (Å²) >= 11 is 0. The van der Waals surface area contributed by atoms with Crippen molar-refractivity contribution in [3.8, 4) is 0 Å². The SMILES string of the molecule is O=C(CCN1CCN(CC(=O)N2CCCC2)CC1)NC(=O)NCc1ccccc1. The van der Waals surface area contributed by atoms with E-state index >= 15 is 0 Å². The van der Waals surface area contributed by atoms with E-state index in [4.69, 9.17) is 0 Å². The highest BCUT2D eigenvalue weighted by Crippen LogP contribution is 2.09. The molecular weight excluding hydrogens is 370 g/mol. The Balaban J connectivity index is 1.27. The first kappa shape index (κ1) is 21.3. The predicted molar refractivity (Wildman–Crippen MR) is 110 cm³/mol. The lowest BCUT2D eigenvalue weighted by atomic mass is 10.2. The van der Waals surface area contributed by atoms with Crippen LogP contribution in [-0.4, -0.2) is 84.9 Å². The molecule has 2 aliphatic heterocycles. The van der Waals surface area contributed by atoms with Crippen molar-refractivity contribution in [2.75, 3.05) is 52.4 Å². The zero-order valence-electron chi connectivity index (χ0n) is 16.9. The largest absolute Gasteiger partial charge is 0.342 e. The Morgan fingerprint density at radius 3 is 2.21 bits per heavy atom. The second-order valence-electron chi connectivity index (χ2n) is 7.67. The number of piperazine rings is 1. The topological polar surface area (TPSA) is 85.0 Å². The molecule has 4 amide bonds. The molecule has 3 rings (SSSR count).